The molecule has 1 aliphatic rings. The minimum absolute atomic E-state index is 0.170. The van der Waals surface area contributed by atoms with Crippen molar-refractivity contribution in [2.24, 2.45) is 5.73 Å². The van der Waals surface area contributed by atoms with Crippen molar-refractivity contribution < 1.29 is 0 Å². The maximum Gasteiger partial charge on any atom is 0.223 e. The molecule has 0 radical (unpaired) electrons. The molecule has 0 aliphatic heterocycles. The second-order valence-corrected chi connectivity index (χ2v) is 6.38. The quantitative estimate of drug-likeness (QED) is 0.774. The number of nitrogens with zero attached hydrogens (tertiary/aromatic N) is 3. The molecule has 0 spiro atoms. The van der Waals surface area contributed by atoms with Crippen LogP contribution in [0.25, 0.3) is 22.0 Å². The van der Waals surface area contributed by atoms with Gasteiger partial charge in [0, 0.05) is 41.6 Å². The van der Waals surface area contributed by atoms with E-state index < -0.39 is 0 Å². The maximum atomic E-state index is 6.23. The van der Waals surface area contributed by atoms with Crippen LogP contribution in [-0.2, 0) is 0 Å². The van der Waals surface area contributed by atoms with E-state index in [0.29, 0.717) is 5.95 Å². The molecule has 1 saturated carbocycles. The standard InChI is InChI=1S/C19H21N5/c20-16-8-4-5-9-17(16)23-19-22-11-14-10-21-12-15(18(14)24-19)13-6-2-1-3-7-13/h1-3,6-7,10-12,16-17H,4-5,8-9,20H2,(H,22,23,24)/t16-,17+/m0/s1. The van der Waals surface area contributed by atoms with Gasteiger partial charge in [-0.2, -0.15) is 0 Å². The van der Waals surface area contributed by atoms with Crippen molar-refractivity contribution in [2.75, 3.05) is 5.32 Å². The van der Waals surface area contributed by atoms with Crippen molar-refractivity contribution in [3.8, 4) is 11.1 Å². The summed E-state index contributed by atoms with van der Waals surface area (Å²) in [5.74, 6) is 0.647. The second kappa shape index (κ2) is 6.53. The summed E-state index contributed by atoms with van der Waals surface area (Å²) in [4.78, 5) is 13.5. The molecule has 122 valence electrons. The Morgan fingerprint density at radius 1 is 1.00 bits per heavy atom. The predicted octanol–water partition coefficient (Wildman–Crippen LogP) is 3.37. The summed E-state index contributed by atoms with van der Waals surface area (Å²) < 4.78 is 0. The van der Waals surface area contributed by atoms with Crippen LogP contribution < -0.4 is 11.1 Å². The van der Waals surface area contributed by atoms with Crippen LogP contribution in [0.4, 0.5) is 5.95 Å². The molecule has 2 aromatic heterocycles. The molecule has 2 heterocycles. The number of hydrogen-bond acceptors (Lipinski definition) is 5. The first kappa shape index (κ1) is 15.0. The number of benzene rings is 1. The summed E-state index contributed by atoms with van der Waals surface area (Å²) in [6.07, 6.45) is 10.0. The van der Waals surface area contributed by atoms with Gasteiger partial charge in [-0.1, -0.05) is 43.2 Å². The molecule has 4 rings (SSSR count). The molecule has 1 fully saturated rings. The topological polar surface area (TPSA) is 76.7 Å². The summed E-state index contributed by atoms with van der Waals surface area (Å²) in [5, 5.41) is 4.37. The summed E-state index contributed by atoms with van der Waals surface area (Å²) >= 11 is 0. The largest absolute Gasteiger partial charge is 0.350 e. The molecular weight excluding hydrogens is 298 g/mol. The number of rotatable bonds is 3. The number of pyridine rings is 1. The smallest absolute Gasteiger partial charge is 0.223 e. The molecular formula is C19H21N5. The molecule has 0 unspecified atom stereocenters. The number of nitrogens with two attached hydrogens (primary N) is 1. The van der Waals surface area contributed by atoms with E-state index in [9.17, 15) is 0 Å². The van der Waals surface area contributed by atoms with Gasteiger partial charge in [-0.25, -0.2) is 9.97 Å². The highest BCUT2D eigenvalue weighted by Crippen LogP contribution is 2.27. The van der Waals surface area contributed by atoms with E-state index in [1.807, 2.05) is 30.6 Å². The van der Waals surface area contributed by atoms with Crippen LogP contribution in [0, 0.1) is 0 Å². The first-order chi connectivity index (χ1) is 11.8. The Hall–Kier alpha value is -2.53. The van der Waals surface area contributed by atoms with Crippen LogP contribution in [0.3, 0.4) is 0 Å². The van der Waals surface area contributed by atoms with Crippen molar-refractivity contribution in [1.29, 1.82) is 0 Å². The van der Waals surface area contributed by atoms with Gasteiger partial charge in [0.05, 0.1) is 5.52 Å². The molecule has 0 amide bonds. The van der Waals surface area contributed by atoms with Crippen LogP contribution >= 0.6 is 0 Å². The fourth-order valence-electron chi connectivity index (χ4n) is 3.36. The highest BCUT2D eigenvalue weighted by atomic mass is 15.1. The normalized spacial score (nSPS) is 20.9. The molecule has 5 heteroatoms. The first-order valence-electron chi connectivity index (χ1n) is 8.49. The van der Waals surface area contributed by atoms with E-state index in [-0.39, 0.29) is 12.1 Å². The van der Waals surface area contributed by atoms with Gasteiger partial charge in [0.15, 0.2) is 0 Å². The van der Waals surface area contributed by atoms with Gasteiger partial charge in [-0.15, -0.1) is 0 Å². The second-order valence-electron chi connectivity index (χ2n) is 6.38. The zero-order valence-electron chi connectivity index (χ0n) is 13.5. The van der Waals surface area contributed by atoms with Crippen LogP contribution in [0.15, 0.2) is 48.9 Å². The van der Waals surface area contributed by atoms with E-state index in [4.69, 9.17) is 10.7 Å². The van der Waals surface area contributed by atoms with Crippen molar-refractivity contribution >= 4 is 16.9 Å². The van der Waals surface area contributed by atoms with Crippen LogP contribution in [0.2, 0.25) is 0 Å². The zero-order chi connectivity index (χ0) is 16.4. The Bertz CT molecular complexity index is 834. The third-order valence-electron chi connectivity index (χ3n) is 4.71. The highest BCUT2D eigenvalue weighted by Gasteiger charge is 2.22. The van der Waals surface area contributed by atoms with Crippen LogP contribution in [-0.4, -0.2) is 27.0 Å². The molecule has 0 bridgehead atoms. The number of anilines is 1. The fraction of sp³-hybridized carbons (Fsp3) is 0.316. The minimum Gasteiger partial charge on any atom is -0.350 e. The highest BCUT2D eigenvalue weighted by molar-refractivity contribution is 5.92. The number of nitrogens with one attached hydrogen (secondary N) is 1. The van der Waals surface area contributed by atoms with Crippen LogP contribution in [0.5, 0.6) is 0 Å². The molecule has 5 nitrogen and oxygen atoms in total. The first-order valence-corrected chi connectivity index (χ1v) is 8.49. The Balaban J connectivity index is 1.71. The van der Waals surface area contributed by atoms with Gasteiger partial charge >= 0.3 is 0 Å². The van der Waals surface area contributed by atoms with E-state index in [1.54, 1.807) is 6.20 Å². The Morgan fingerprint density at radius 3 is 2.67 bits per heavy atom. The summed E-state index contributed by atoms with van der Waals surface area (Å²) in [6.45, 7) is 0. The Labute approximate surface area is 141 Å². The van der Waals surface area contributed by atoms with Gasteiger partial charge in [0.25, 0.3) is 0 Å². The summed E-state index contributed by atoms with van der Waals surface area (Å²) in [6, 6.07) is 10.6. The van der Waals surface area contributed by atoms with E-state index in [2.05, 4.69) is 27.4 Å². The molecule has 3 aromatic rings. The van der Waals surface area contributed by atoms with Gasteiger partial charge in [-0.3, -0.25) is 4.98 Å². The lowest BCUT2D eigenvalue weighted by Gasteiger charge is -2.29. The molecule has 24 heavy (non-hydrogen) atoms. The minimum atomic E-state index is 0.170. The lowest BCUT2D eigenvalue weighted by molar-refractivity contribution is 0.402. The monoisotopic (exact) mass is 319 g/mol. The number of aromatic nitrogens is 3. The Morgan fingerprint density at radius 2 is 1.83 bits per heavy atom. The summed E-state index contributed by atoms with van der Waals surface area (Å²) in [7, 11) is 0. The average molecular weight is 319 g/mol. The molecule has 3 N–H and O–H groups in total. The van der Waals surface area contributed by atoms with Crippen molar-refractivity contribution in [3.05, 3.63) is 48.9 Å². The van der Waals surface area contributed by atoms with Crippen LogP contribution in [0.1, 0.15) is 25.7 Å². The number of hydrogen-bond donors (Lipinski definition) is 2. The fourth-order valence-corrected chi connectivity index (χ4v) is 3.36. The van der Waals surface area contributed by atoms with Gasteiger partial charge < -0.3 is 11.1 Å². The van der Waals surface area contributed by atoms with E-state index >= 15 is 0 Å². The predicted molar refractivity (Wildman–Crippen MR) is 96.6 cm³/mol. The maximum absolute atomic E-state index is 6.23. The summed E-state index contributed by atoms with van der Waals surface area (Å²) in [5.41, 5.74) is 9.27. The van der Waals surface area contributed by atoms with E-state index in [1.165, 1.54) is 12.8 Å². The van der Waals surface area contributed by atoms with Gasteiger partial charge in [0.2, 0.25) is 5.95 Å². The average Bonchev–Trinajstić information content (AvgIpc) is 2.64. The third-order valence-corrected chi connectivity index (χ3v) is 4.71. The third kappa shape index (κ3) is 2.95. The molecule has 2 atom stereocenters. The van der Waals surface area contributed by atoms with Gasteiger partial charge in [-0.05, 0) is 18.4 Å². The van der Waals surface area contributed by atoms with Crippen molar-refractivity contribution in [3.63, 3.8) is 0 Å². The lowest BCUT2D eigenvalue weighted by atomic mass is 9.91. The van der Waals surface area contributed by atoms with Crippen molar-refractivity contribution in [1.82, 2.24) is 15.0 Å². The molecule has 0 saturated heterocycles. The Kier molecular flexibility index (Phi) is 4.09. The number of fused-ring (bicyclic) bond motifs is 1. The van der Waals surface area contributed by atoms with E-state index in [0.717, 1.165) is 34.9 Å². The molecule has 1 aromatic carbocycles. The SMILES string of the molecule is N[C@H]1CCCC[C@H]1Nc1ncc2cncc(-c3ccccc3)c2n1. The van der Waals surface area contributed by atoms with Gasteiger partial charge in [0.1, 0.15) is 0 Å². The van der Waals surface area contributed by atoms with Crippen molar-refractivity contribution in [2.45, 2.75) is 37.8 Å². The molecule has 1 aliphatic carbocycles. The zero-order valence-corrected chi connectivity index (χ0v) is 13.5. The lowest BCUT2D eigenvalue weighted by Crippen LogP contribution is -2.42.